The van der Waals surface area contributed by atoms with Crippen LogP contribution in [0.4, 0.5) is 0 Å². The fourth-order valence-corrected chi connectivity index (χ4v) is 6.41. The third kappa shape index (κ3) is 1.68. The Morgan fingerprint density at radius 3 is 2.68 bits per heavy atom. The minimum absolute atomic E-state index is 0.0538. The van der Waals surface area contributed by atoms with Crippen molar-refractivity contribution in [2.45, 2.75) is 65.4 Å². The van der Waals surface area contributed by atoms with Gasteiger partial charge in [0.1, 0.15) is 0 Å². The van der Waals surface area contributed by atoms with Gasteiger partial charge in [0.05, 0.1) is 6.10 Å². The van der Waals surface area contributed by atoms with E-state index in [0.717, 1.165) is 31.3 Å². The molecule has 1 N–H and O–H groups in total. The summed E-state index contributed by atoms with van der Waals surface area (Å²) >= 11 is 0. The van der Waals surface area contributed by atoms with Crippen molar-refractivity contribution in [2.75, 3.05) is 0 Å². The van der Waals surface area contributed by atoms with Gasteiger partial charge < -0.3 is 5.11 Å². The average Bonchev–Trinajstić information content (AvgIpc) is 2.79. The van der Waals surface area contributed by atoms with E-state index in [0.29, 0.717) is 23.5 Å². The molecule has 2 nitrogen and oxygen atoms in total. The maximum atomic E-state index is 12.1. The van der Waals surface area contributed by atoms with E-state index in [1.54, 1.807) is 0 Å². The Morgan fingerprint density at radius 2 is 1.91 bits per heavy atom. The van der Waals surface area contributed by atoms with Gasteiger partial charge in [-0.25, -0.2) is 0 Å². The molecular weight excluding hydrogens is 272 g/mol. The number of fused-ring (bicyclic) bond motifs is 5. The summed E-state index contributed by atoms with van der Waals surface area (Å²) in [6.45, 7) is 6.76. The third-order valence-corrected chi connectivity index (χ3v) is 7.89. The van der Waals surface area contributed by atoms with Gasteiger partial charge >= 0.3 is 0 Å². The standard InChI is InChI=1S/C20H28O2/c1-12-14-5-4-13-15-6-7-18(22)20(15,3)10-8-16(13)19(14,2)11-9-17(12)21/h6-7,13,15-16,18,22H,4-5,8-11H2,1-3H3. The van der Waals surface area contributed by atoms with Crippen LogP contribution in [0.15, 0.2) is 23.3 Å². The van der Waals surface area contributed by atoms with Crippen molar-refractivity contribution in [2.24, 2.45) is 28.6 Å². The van der Waals surface area contributed by atoms with Crippen LogP contribution in [0, 0.1) is 28.6 Å². The number of hydrogen-bond acceptors (Lipinski definition) is 2. The summed E-state index contributed by atoms with van der Waals surface area (Å²) in [6.07, 6.45) is 10.4. The van der Waals surface area contributed by atoms with Crippen LogP contribution in [0.3, 0.4) is 0 Å². The van der Waals surface area contributed by atoms with Crippen LogP contribution < -0.4 is 0 Å². The van der Waals surface area contributed by atoms with Gasteiger partial charge in [-0.05, 0) is 67.8 Å². The molecule has 2 heteroatoms. The monoisotopic (exact) mass is 300 g/mol. The highest BCUT2D eigenvalue weighted by Gasteiger charge is 2.57. The first-order valence-electron chi connectivity index (χ1n) is 8.98. The molecule has 120 valence electrons. The van der Waals surface area contributed by atoms with E-state index in [9.17, 15) is 9.90 Å². The van der Waals surface area contributed by atoms with Crippen molar-refractivity contribution >= 4 is 5.78 Å². The summed E-state index contributed by atoms with van der Waals surface area (Å²) in [5.41, 5.74) is 2.82. The summed E-state index contributed by atoms with van der Waals surface area (Å²) in [6, 6.07) is 0. The number of aliphatic hydroxyl groups is 1. The van der Waals surface area contributed by atoms with Gasteiger partial charge in [-0.1, -0.05) is 31.6 Å². The first kappa shape index (κ1) is 14.7. The van der Waals surface area contributed by atoms with E-state index in [1.807, 2.05) is 6.08 Å². The molecule has 0 saturated heterocycles. The van der Waals surface area contributed by atoms with Crippen molar-refractivity contribution in [3.05, 3.63) is 23.3 Å². The molecule has 2 fully saturated rings. The number of allylic oxidation sites excluding steroid dienone is 3. The molecule has 4 aliphatic carbocycles. The van der Waals surface area contributed by atoms with Crippen molar-refractivity contribution < 1.29 is 9.90 Å². The van der Waals surface area contributed by atoms with Crippen LogP contribution in [0.25, 0.3) is 0 Å². The molecule has 6 atom stereocenters. The van der Waals surface area contributed by atoms with Crippen LogP contribution >= 0.6 is 0 Å². The number of ketones is 1. The molecule has 22 heavy (non-hydrogen) atoms. The summed E-state index contributed by atoms with van der Waals surface area (Å²) in [4.78, 5) is 12.1. The number of aliphatic hydroxyl groups excluding tert-OH is 1. The second-order valence-corrected chi connectivity index (χ2v) is 8.65. The Morgan fingerprint density at radius 1 is 1.14 bits per heavy atom. The van der Waals surface area contributed by atoms with E-state index in [4.69, 9.17) is 0 Å². The topological polar surface area (TPSA) is 37.3 Å². The fourth-order valence-electron chi connectivity index (χ4n) is 6.41. The summed E-state index contributed by atoms with van der Waals surface area (Å²) in [5.74, 6) is 2.27. The zero-order valence-electron chi connectivity index (χ0n) is 14.1. The van der Waals surface area contributed by atoms with Crippen LogP contribution in [-0.4, -0.2) is 17.0 Å². The number of Topliss-reactive ketones (excluding diaryl/α,β-unsaturated/α-hetero) is 1. The lowest BCUT2D eigenvalue weighted by Crippen LogP contribution is -2.51. The number of carbonyl (C=O) groups is 1. The van der Waals surface area contributed by atoms with Crippen molar-refractivity contribution in [3.63, 3.8) is 0 Å². The summed E-state index contributed by atoms with van der Waals surface area (Å²) in [7, 11) is 0. The zero-order chi connectivity index (χ0) is 15.7. The highest BCUT2D eigenvalue weighted by atomic mass is 16.3. The molecule has 0 aromatic rings. The molecule has 6 unspecified atom stereocenters. The fraction of sp³-hybridized carbons (Fsp3) is 0.750. The molecule has 0 aromatic heterocycles. The molecule has 0 spiro atoms. The van der Waals surface area contributed by atoms with Crippen LogP contribution in [0.2, 0.25) is 0 Å². The molecule has 0 amide bonds. The van der Waals surface area contributed by atoms with Crippen molar-refractivity contribution in [1.29, 1.82) is 0 Å². The molecule has 0 aromatic carbocycles. The Balaban J connectivity index is 1.73. The number of rotatable bonds is 0. The maximum Gasteiger partial charge on any atom is 0.158 e. The van der Waals surface area contributed by atoms with Gasteiger partial charge in [-0.3, -0.25) is 4.79 Å². The van der Waals surface area contributed by atoms with Crippen LogP contribution in [0.1, 0.15) is 59.3 Å². The van der Waals surface area contributed by atoms with Gasteiger partial charge in [-0.15, -0.1) is 0 Å². The van der Waals surface area contributed by atoms with Crippen LogP contribution in [0.5, 0.6) is 0 Å². The highest BCUT2D eigenvalue weighted by Crippen LogP contribution is 2.64. The number of carbonyl (C=O) groups excluding carboxylic acids is 1. The van der Waals surface area contributed by atoms with Gasteiger partial charge in [-0.2, -0.15) is 0 Å². The van der Waals surface area contributed by atoms with E-state index < -0.39 is 0 Å². The van der Waals surface area contributed by atoms with E-state index >= 15 is 0 Å². The predicted molar refractivity (Wildman–Crippen MR) is 87.2 cm³/mol. The minimum atomic E-state index is -0.266. The Labute approximate surface area is 133 Å². The molecule has 0 aliphatic heterocycles. The summed E-state index contributed by atoms with van der Waals surface area (Å²) in [5, 5.41) is 10.4. The lowest BCUT2D eigenvalue weighted by Gasteiger charge is -2.58. The number of hydrogen-bond donors (Lipinski definition) is 1. The van der Waals surface area contributed by atoms with Gasteiger partial charge in [0.25, 0.3) is 0 Å². The largest absolute Gasteiger partial charge is 0.388 e. The Bertz CT molecular complexity index is 587. The lowest BCUT2D eigenvalue weighted by atomic mass is 9.47. The molecule has 0 radical (unpaired) electrons. The van der Waals surface area contributed by atoms with Crippen molar-refractivity contribution in [1.82, 2.24) is 0 Å². The first-order valence-corrected chi connectivity index (χ1v) is 8.98. The Kier molecular flexibility index (Phi) is 3.05. The lowest BCUT2D eigenvalue weighted by molar-refractivity contribution is -0.118. The van der Waals surface area contributed by atoms with Crippen molar-refractivity contribution in [3.8, 4) is 0 Å². The normalized spacial score (nSPS) is 50.6. The van der Waals surface area contributed by atoms with Gasteiger partial charge in [0.2, 0.25) is 0 Å². The first-order chi connectivity index (χ1) is 10.4. The molecule has 2 saturated carbocycles. The minimum Gasteiger partial charge on any atom is -0.388 e. The smallest absolute Gasteiger partial charge is 0.158 e. The molecule has 4 rings (SSSR count). The quantitative estimate of drug-likeness (QED) is 0.685. The predicted octanol–water partition coefficient (Wildman–Crippen LogP) is 4.05. The second-order valence-electron chi connectivity index (χ2n) is 8.65. The third-order valence-electron chi connectivity index (χ3n) is 7.89. The van der Waals surface area contributed by atoms with E-state index in [-0.39, 0.29) is 16.9 Å². The molecule has 0 bridgehead atoms. The van der Waals surface area contributed by atoms with E-state index in [1.165, 1.54) is 18.4 Å². The van der Waals surface area contributed by atoms with Crippen LogP contribution in [-0.2, 0) is 4.79 Å². The maximum absolute atomic E-state index is 12.1. The van der Waals surface area contributed by atoms with E-state index in [2.05, 4.69) is 26.8 Å². The summed E-state index contributed by atoms with van der Waals surface area (Å²) < 4.78 is 0. The average molecular weight is 300 g/mol. The Hall–Kier alpha value is -0.890. The molecule has 0 heterocycles. The molecule has 4 aliphatic rings. The second kappa shape index (κ2) is 4.56. The van der Waals surface area contributed by atoms with Gasteiger partial charge in [0, 0.05) is 11.8 Å². The highest BCUT2D eigenvalue weighted by molar-refractivity contribution is 5.96. The zero-order valence-corrected chi connectivity index (χ0v) is 14.1. The molecular formula is C20H28O2. The van der Waals surface area contributed by atoms with Gasteiger partial charge in [0.15, 0.2) is 5.78 Å². The SMILES string of the molecule is CC1=C2CCC3C(CCC4(C)C(O)C=CC34)C2(C)CCC1=O.